The summed E-state index contributed by atoms with van der Waals surface area (Å²) in [5, 5.41) is 9.89. The molecule has 1 heterocycles. The summed E-state index contributed by atoms with van der Waals surface area (Å²) in [5.74, 6) is 0.799. The normalized spacial score (nSPS) is 38.3. The third-order valence-corrected chi connectivity index (χ3v) is 5.78. The molecule has 1 saturated carbocycles. The van der Waals surface area contributed by atoms with Crippen LogP contribution in [0, 0.1) is 11.8 Å². The Morgan fingerprint density at radius 2 is 1.68 bits per heavy atom. The number of nitrogens with one attached hydrogen (secondary N) is 1. The van der Waals surface area contributed by atoms with Gasteiger partial charge in [0.05, 0.1) is 6.10 Å². The molecule has 0 aromatic carbocycles. The summed E-state index contributed by atoms with van der Waals surface area (Å²) in [6, 6.07) is -0.314. The van der Waals surface area contributed by atoms with E-state index in [1.807, 2.05) is 0 Å². The van der Waals surface area contributed by atoms with Gasteiger partial charge in [-0.3, -0.25) is 0 Å². The van der Waals surface area contributed by atoms with Crippen molar-refractivity contribution in [2.45, 2.75) is 58.1 Å². The molecule has 0 aromatic heterocycles. The van der Waals surface area contributed by atoms with Gasteiger partial charge in [0, 0.05) is 19.1 Å². The molecule has 0 aromatic rings. The third kappa shape index (κ3) is 3.90. The Balaban J connectivity index is 2.01. The molecule has 2 unspecified atom stereocenters. The average Bonchev–Trinajstić information content (AvgIpc) is 2.31. The lowest BCUT2D eigenvalue weighted by molar-refractivity contribution is 0.0994. The molecule has 2 fully saturated rings. The summed E-state index contributed by atoms with van der Waals surface area (Å²) in [7, 11) is -3.46. The molecule has 0 radical (unpaired) electrons. The van der Waals surface area contributed by atoms with Gasteiger partial charge in [0.15, 0.2) is 0 Å². The quantitative estimate of drug-likeness (QED) is 0.818. The van der Waals surface area contributed by atoms with Crippen LogP contribution in [-0.2, 0) is 10.2 Å². The monoisotopic (exact) mass is 290 g/mol. The average molecular weight is 290 g/mol. The van der Waals surface area contributed by atoms with Crippen molar-refractivity contribution in [3.8, 4) is 0 Å². The van der Waals surface area contributed by atoms with E-state index in [2.05, 4.69) is 18.6 Å². The molecule has 2 aliphatic rings. The second-order valence-electron chi connectivity index (χ2n) is 6.34. The maximum atomic E-state index is 12.4. The van der Waals surface area contributed by atoms with Crippen LogP contribution in [0.25, 0.3) is 0 Å². The largest absolute Gasteiger partial charge is 0.391 e. The fraction of sp³-hybridized carbons (Fsp3) is 1.00. The van der Waals surface area contributed by atoms with Crippen LogP contribution in [0.3, 0.4) is 0 Å². The van der Waals surface area contributed by atoms with Gasteiger partial charge in [0.2, 0.25) is 0 Å². The van der Waals surface area contributed by atoms with Gasteiger partial charge in [-0.15, -0.1) is 0 Å². The van der Waals surface area contributed by atoms with E-state index in [0.29, 0.717) is 31.3 Å². The second kappa shape index (κ2) is 6.08. The van der Waals surface area contributed by atoms with Crippen LogP contribution in [0.2, 0.25) is 0 Å². The van der Waals surface area contributed by atoms with Crippen molar-refractivity contribution in [1.29, 1.82) is 0 Å². The zero-order chi connectivity index (χ0) is 14.0. The highest BCUT2D eigenvalue weighted by Gasteiger charge is 2.34. The van der Waals surface area contributed by atoms with Crippen LogP contribution >= 0.6 is 0 Å². The minimum absolute atomic E-state index is 0.314. The van der Waals surface area contributed by atoms with E-state index < -0.39 is 16.3 Å². The van der Waals surface area contributed by atoms with Crippen molar-refractivity contribution >= 4 is 10.2 Å². The first-order chi connectivity index (χ1) is 8.88. The lowest BCUT2D eigenvalue weighted by atomic mass is 9.93. The van der Waals surface area contributed by atoms with Crippen LogP contribution in [0.4, 0.5) is 0 Å². The molecule has 2 N–H and O–H groups in total. The van der Waals surface area contributed by atoms with Crippen LogP contribution < -0.4 is 4.72 Å². The zero-order valence-electron chi connectivity index (χ0n) is 11.9. The van der Waals surface area contributed by atoms with E-state index >= 15 is 0 Å². The maximum absolute atomic E-state index is 12.4. The molecule has 1 aliphatic heterocycles. The Bertz CT molecular complexity index is 389. The molecule has 4 atom stereocenters. The predicted molar refractivity (Wildman–Crippen MR) is 74.8 cm³/mol. The Hall–Kier alpha value is -0.170. The maximum Gasteiger partial charge on any atom is 0.279 e. The van der Waals surface area contributed by atoms with Crippen LogP contribution in [0.5, 0.6) is 0 Å². The topological polar surface area (TPSA) is 69.6 Å². The molecule has 0 spiro atoms. The van der Waals surface area contributed by atoms with Crippen LogP contribution in [0.15, 0.2) is 0 Å². The number of rotatable bonds is 3. The number of hydrogen-bond acceptors (Lipinski definition) is 3. The summed E-state index contributed by atoms with van der Waals surface area (Å²) in [5.41, 5.74) is 0. The Morgan fingerprint density at radius 3 is 2.26 bits per heavy atom. The number of nitrogens with zero attached hydrogens (tertiary/aromatic N) is 1. The van der Waals surface area contributed by atoms with Crippen molar-refractivity contribution in [3.05, 3.63) is 0 Å². The number of aliphatic hydroxyl groups is 1. The molecule has 6 heteroatoms. The first-order valence-corrected chi connectivity index (χ1v) is 8.78. The lowest BCUT2D eigenvalue weighted by Gasteiger charge is -2.36. The van der Waals surface area contributed by atoms with Gasteiger partial charge in [-0.05, 0) is 31.1 Å². The van der Waals surface area contributed by atoms with E-state index in [1.165, 1.54) is 0 Å². The number of aliphatic hydroxyl groups excluding tert-OH is 1. The van der Waals surface area contributed by atoms with Gasteiger partial charge in [0.1, 0.15) is 0 Å². The standard InChI is InChI=1S/C13H26N2O3S/c1-10-7-11(2)9-15(8-10)19(17,18)14-12-5-3-4-6-13(12)16/h10-14,16H,3-9H2,1-2H3/t10?,11?,12-,13-/m1/s1. The van der Waals surface area contributed by atoms with Gasteiger partial charge >= 0.3 is 0 Å². The minimum Gasteiger partial charge on any atom is -0.391 e. The van der Waals surface area contributed by atoms with E-state index in [4.69, 9.17) is 0 Å². The summed E-state index contributed by atoms with van der Waals surface area (Å²) in [4.78, 5) is 0. The van der Waals surface area contributed by atoms with E-state index in [-0.39, 0.29) is 6.04 Å². The van der Waals surface area contributed by atoms with Crippen molar-refractivity contribution < 1.29 is 13.5 Å². The number of hydrogen-bond donors (Lipinski definition) is 2. The molecule has 19 heavy (non-hydrogen) atoms. The van der Waals surface area contributed by atoms with Gasteiger partial charge in [-0.25, -0.2) is 0 Å². The second-order valence-corrected chi connectivity index (χ2v) is 8.05. The lowest BCUT2D eigenvalue weighted by Crippen LogP contribution is -2.53. The highest BCUT2D eigenvalue weighted by molar-refractivity contribution is 7.87. The Labute approximate surface area is 116 Å². The SMILES string of the molecule is CC1CC(C)CN(S(=O)(=O)N[C@@H]2CCCC[C@H]2O)C1. The number of piperidine rings is 1. The van der Waals surface area contributed by atoms with Crippen molar-refractivity contribution in [3.63, 3.8) is 0 Å². The van der Waals surface area contributed by atoms with E-state index in [0.717, 1.165) is 25.7 Å². The third-order valence-electron chi connectivity index (χ3n) is 4.21. The highest BCUT2D eigenvalue weighted by Crippen LogP contribution is 2.24. The van der Waals surface area contributed by atoms with Gasteiger partial charge < -0.3 is 5.11 Å². The van der Waals surface area contributed by atoms with E-state index in [9.17, 15) is 13.5 Å². The summed E-state index contributed by atoms with van der Waals surface area (Å²) >= 11 is 0. The van der Waals surface area contributed by atoms with Gasteiger partial charge in [0.25, 0.3) is 10.2 Å². The minimum atomic E-state index is -3.46. The van der Waals surface area contributed by atoms with Gasteiger partial charge in [-0.1, -0.05) is 26.7 Å². The van der Waals surface area contributed by atoms with Crippen LogP contribution in [-0.4, -0.2) is 43.1 Å². The summed E-state index contributed by atoms with van der Waals surface area (Å²) < 4.78 is 29.0. The molecular formula is C13H26N2O3S. The van der Waals surface area contributed by atoms with Crippen LogP contribution in [0.1, 0.15) is 46.0 Å². The fourth-order valence-electron chi connectivity index (χ4n) is 3.32. The predicted octanol–water partition coefficient (Wildman–Crippen LogP) is 1.10. The molecule has 0 amide bonds. The van der Waals surface area contributed by atoms with Crippen molar-refractivity contribution in [2.75, 3.05) is 13.1 Å². The molecule has 0 bridgehead atoms. The molecule has 2 rings (SSSR count). The van der Waals surface area contributed by atoms with Crippen molar-refractivity contribution in [2.24, 2.45) is 11.8 Å². The smallest absolute Gasteiger partial charge is 0.279 e. The molecular weight excluding hydrogens is 264 g/mol. The van der Waals surface area contributed by atoms with E-state index in [1.54, 1.807) is 4.31 Å². The molecule has 1 saturated heterocycles. The highest BCUT2D eigenvalue weighted by atomic mass is 32.2. The Kier molecular flexibility index (Phi) is 4.87. The first kappa shape index (κ1) is 15.2. The molecule has 1 aliphatic carbocycles. The molecule has 112 valence electrons. The van der Waals surface area contributed by atoms with Gasteiger partial charge in [-0.2, -0.15) is 17.4 Å². The van der Waals surface area contributed by atoms with Crippen molar-refractivity contribution in [1.82, 2.24) is 9.03 Å². The molecule has 5 nitrogen and oxygen atoms in total. The Morgan fingerprint density at radius 1 is 1.11 bits per heavy atom. The first-order valence-electron chi connectivity index (χ1n) is 7.34. The fourth-order valence-corrected chi connectivity index (χ4v) is 5.02. The zero-order valence-corrected chi connectivity index (χ0v) is 12.7. The summed E-state index contributed by atoms with van der Waals surface area (Å²) in [6.45, 7) is 5.35. The summed E-state index contributed by atoms with van der Waals surface area (Å²) in [6.07, 6.45) is 3.94.